The van der Waals surface area contributed by atoms with Crippen molar-refractivity contribution in [3.8, 4) is 11.1 Å². The molecular weight excluding hydrogens is 401 g/mol. The Morgan fingerprint density at radius 1 is 0.600 bits per heavy atom. The molecule has 0 aliphatic carbocycles. The molecule has 0 N–H and O–H groups in total. The Morgan fingerprint density at radius 3 is 1.63 bits per heavy atom. The minimum absolute atomic E-state index is 1.21. The molecule has 1 aromatic heterocycles. The summed E-state index contributed by atoms with van der Waals surface area (Å²) in [5, 5.41) is 3.69. The number of nitrogens with zero attached hydrogens (tertiary/aromatic N) is 1. The third-order valence-electron chi connectivity index (χ3n) is 5.68. The second-order valence-electron chi connectivity index (χ2n) is 7.42. The minimum atomic E-state index is -2.29. The largest absolute Gasteiger partial charge is 0.342 e. The van der Waals surface area contributed by atoms with Crippen LogP contribution in [0.15, 0.2) is 115 Å². The fourth-order valence-electron chi connectivity index (χ4n) is 4.31. The van der Waals surface area contributed by atoms with Gasteiger partial charge in [0.2, 0.25) is 0 Å². The van der Waals surface area contributed by atoms with Crippen LogP contribution in [-0.4, -0.2) is 4.57 Å². The molecule has 0 spiro atoms. The van der Waals surface area contributed by atoms with Crippen molar-refractivity contribution in [2.75, 3.05) is 0 Å². The summed E-state index contributed by atoms with van der Waals surface area (Å²) in [6.45, 7) is 0. The van der Waals surface area contributed by atoms with Crippen LogP contribution in [0.5, 0.6) is 0 Å². The predicted octanol–water partition coefficient (Wildman–Crippen LogP) is 5.60. The first kappa shape index (κ1) is 19.1. The molecule has 146 valence electrons. The van der Waals surface area contributed by atoms with E-state index in [9.17, 15) is 0 Å². The van der Waals surface area contributed by atoms with Crippen molar-refractivity contribution in [1.29, 1.82) is 0 Å². The van der Waals surface area contributed by atoms with Crippen molar-refractivity contribution >= 4 is 44.8 Å². The molecule has 0 fully saturated rings. The van der Waals surface area contributed by atoms with Gasteiger partial charge in [-0.3, -0.25) is 0 Å². The first-order valence-electron chi connectivity index (χ1n) is 10.1. The van der Waals surface area contributed by atoms with Gasteiger partial charge in [0, 0.05) is 23.5 Å². The molecule has 0 amide bonds. The maximum Gasteiger partial charge on any atom is 0.0684 e. The van der Waals surface area contributed by atoms with Gasteiger partial charge in [0.25, 0.3) is 0 Å². The number of aryl methyl sites for hydroxylation is 1. The van der Waals surface area contributed by atoms with Crippen LogP contribution in [0.2, 0.25) is 0 Å². The highest BCUT2D eigenvalue weighted by molar-refractivity contribution is 8.25. The molecule has 0 aliphatic heterocycles. The van der Waals surface area contributed by atoms with Crippen molar-refractivity contribution in [2.24, 2.45) is 7.05 Å². The van der Waals surface area contributed by atoms with Crippen LogP contribution in [-0.2, 0) is 18.9 Å². The smallest absolute Gasteiger partial charge is 0.0684 e. The lowest BCUT2D eigenvalue weighted by atomic mass is 10.1. The fraction of sp³-hybridized carbons (Fsp3) is 0.0370. The number of benzene rings is 4. The number of hydrogen-bond donors (Lipinski definition) is 0. The molecule has 3 heteroatoms. The number of hydrogen-bond acceptors (Lipinski definition) is 1. The second-order valence-corrected chi connectivity index (χ2v) is 11.7. The molecule has 1 nitrogen and oxygen atoms in total. The van der Waals surface area contributed by atoms with Crippen molar-refractivity contribution < 1.29 is 0 Å². The third-order valence-corrected chi connectivity index (χ3v) is 10.6. The van der Waals surface area contributed by atoms with Crippen LogP contribution in [0.3, 0.4) is 0 Å². The summed E-state index contributed by atoms with van der Waals surface area (Å²) in [5.74, 6) is 0. The molecule has 30 heavy (non-hydrogen) atoms. The zero-order chi connectivity index (χ0) is 20.6. The summed E-state index contributed by atoms with van der Waals surface area (Å²) in [4.78, 5) is 0. The highest BCUT2D eigenvalue weighted by Gasteiger charge is 2.32. The van der Waals surface area contributed by atoms with E-state index in [-0.39, 0.29) is 0 Å². The summed E-state index contributed by atoms with van der Waals surface area (Å²) >= 11 is 6.71. The minimum Gasteiger partial charge on any atom is -0.342 e. The van der Waals surface area contributed by atoms with Crippen molar-refractivity contribution in [3.63, 3.8) is 0 Å². The average Bonchev–Trinajstić information content (AvgIpc) is 3.13. The van der Waals surface area contributed by atoms with Crippen LogP contribution >= 0.6 is 6.04 Å². The van der Waals surface area contributed by atoms with Crippen LogP contribution < -0.4 is 16.0 Å². The summed E-state index contributed by atoms with van der Waals surface area (Å²) in [5.41, 5.74) is 4.92. The van der Waals surface area contributed by atoms with E-state index in [1.165, 1.54) is 38.1 Å². The Bertz CT molecular complexity index is 1310. The second kappa shape index (κ2) is 7.72. The van der Waals surface area contributed by atoms with E-state index in [2.05, 4.69) is 127 Å². The molecule has 5 aromatic rings. The van der Waals surface area contributed by atoms with Gasteiger partial charge in [-0.05, 0) is 22.2 Å². The quantitative estimate of drug-likeness (QED) is 0.341. The Kier molecular flexibility index (Phi) is 4.90. The topological polar surface area (TPSA) is 4.93 Å². The molecule has 0 radical (unpaired) electrons. The van der Waals surface area contributed by atoms with Gasteiger partial charge in [0.05, 0.1) is 11.5 Å². The van der Waals surface area contributed by atoms with Crippen LogP contribution in [0.1, 0.15) is 0 Å². The van der Waals surface area contributed by atoms with Gasteiger partial charge in [-0.1, -0.05) is 121 Å². The van der Waals surface area contributed by atoms with Crippen molar-refractivity contribution in [1.82, 2.24) is 4.57 Å². The highest BCUT2D eigenvalue weighted by atomic mass is 32.4. The maximum absolute atomic E-state index is 6.71. The number of fused-ring (bicyclic) bond motifs is 1. The SMILES string of the molecule is Cn1c(P(=S)(c2ccccc2)c2ccccc2)c(-c2ccccc2)c2ccccc21. The first-order valence-corrected chi connectivity index (χ1v) is 12.9. The zero-order valence-electron chi connectivity index (χ0n) is 16.8. The lowest BCUT2D eigenvalue weighted by Crippen LogP contribution is -2.29. The van der Waals surface area contributed by atoms with E-state index in [1.807, 2.05) is 0 Å². The van der Waals surface area contributed by atoms with Gasteiger partial charge in [-0.15, -0.1) is 0 Å². The van der Waals surface area contributed by atoms with E-state index in [4.69, 9.17) is 11.8 Å². The molecule has 0 aliphatic rings. The molecule has 5 rings (SSSR count). The molecule has 0 saturated carbocycles. The summed E-state index contributed by atoms with van der Waals surface area (Å²) < 4.78 is 2.33. The zero-order valence-corrected chi connectivity index (χ0v) is 18.5. The average molecular weight is 424 g/mol. The Labute approximate surface area is 182 Å². The summed E-state index contributed by atoms with van der Waals surface area (Å²) in [7, 11) is 2.16. The molecule has 0 unspecified atom stereocenters. The number of para-hydroxylation sites is 1. The van der Waals surface area contributed by atoms with Gasteiger partial charge in [-0.2, -0.15) is 0 Å². The van der Waals surface area contributed by atoms with Gasteiger partial charge in [0.15, 0.2) is 0 Å². The van der Waals surface area contributed by atoms with Crippen molar-refractivity contribution in [2.45, 2.75) is 0 Å². The lowest BCUT2D eigenvalue weighted by Gasteiger charge is -2.26. The molecule has 1 heterocycles. The Hall–Kier alpha value is -2.93. The Morgan fingerprint density at radius 2 is 1.07 bits per heavy atom. The molecule has 0 atom stereocenters. The van der Waals surface area contributed by atoms with Crippen LogP contribution in [0, 0.1) is 0 Å². The Balaban J connectivity index is 1.96. The standard InChI is InChI=1S/C27H22NPS/c1-28-25-20-12-11-19-24(25)26(21-13-5-2-6-14-21)27(28)29(30,22-15-7-3-8-16-22)23-17-9-4-10-18-23/h2-20H,1H3. The lowest BCUT2D eigenvalue weighted by molar-refractivity contribution is 1.00. The fourth-order valence-corrected chi connectivity index (χ4v) is 8.74. The molecule has 0 bridgehead atoms. The van der Waals surface area contributed by atoms with E-state index < -0.39 is 6.04 Å². The highest BCUT2D eigenvalue weighted by Crippen LogP contribution is 2.48. The van der Waals surface area contributed by atoms with Gasteiger partial charge in [0.1, 0.15) is 0 Å². The number of rotatable bonds is 4. The molecule has 4 aromatic carbocycles. The molecular formula is C27H22NPS. The van der Waals surface area contributed by atoms with Crippen molar-refractivity contribution in [3.05, 3.63) is 115 Å². The molecule has 0 saturated heterocycles. The van der Waals surface area contributed by atoms with Gasteiger partial charge in [-0.25, -0.2) is 0 Å². The van der Waals surface area contributed by atoms with Crippen LogP contribution in [0.4, 0.5) is 0 Å². The van der Waals surface area contributed by atoms with E-state index >= 15 is 0 Å². The van der Waals surface area contributed by atoms with E-state index in [0.29, 0.717) is 0 Å². The van der Waals surface area contributed by atoms with Gasteiger partial charge < -0.3 is 4.57 Å². The maximum atomic E-state index is 6.71. The summed E-state index contributed by atoms with van der Waals surface area (Å²) in [6.07, 6.45) is 0. The normalized spacial score (nSPS) is 11.6. The monoisotopic (exact) mass is 423 g/mol. The third kappa shape index (κ3) is 2.96. The number of aromatic nitrogens is 1. The first-order chi connectivity index (χ1) is 14.7. The van der Waals surface area contributed by atoms with Gasteiger partial charge >= 0.3 is 0 Å². The van der Waals surface area contributed by atoms with E-state index in [1.54, 1.807) is 0 Å². The van der Waals surface area contributed by atoms with Crippen LogP contribution in [0.25, 0.3) is 22.0 Å². The summed E-state index contributed by atoms with van der Waals surface area (Å²) in [6, 6.07) is 38.3. The van der Waals surface area contributed by atoms with E-state index in [0.717, 1.165) is 0 Å². The predicted molar refractivity (Wildman–Crippen MR) is 134 cm³/mol.